The standard InChI is InChI=1S/C21H24ClN3O3S2/c1-29-13-16-11-24-20(12-23-16)25-21(26)17(9-14-5-3-4-6-14)15-7-8-19(18(22)10-15)30(2,27)28/h7-12,14H,3-6,13H2,1-2H3,(H,24,25,26)/b17-9+. The zero-order valence-corrected chi connectivity index (χ0v) is 19.3. The molecule has 0 aliphatic heterocycles. The number of allylic oxidation sites excluding steroid dienone is 1. The van der Waals surface area contributed by atoms with Gasteiger partial charge in [0.25, 0.3) is 5.91 Å². The Bertz CT molecular complexity index is 1050. The third kappa shape index (κ3) is 5.83. The van der Waals surface area contributed by atoms with Crippen LogP contribution in [-0.4, -0.2) is 36.8 Å². The number of carbonyl (C=O) groups excluding carboxylic acids is 1. The number of nitrogens with one attached hydrogen (secondary N) is 1. The van der Waals surface area contributed by atoms with Gasteiger partial charge in [-0.25, -0.2) is 13.4 Å². The number of nitrogens with zero attached hydrogens (tertiary/aromatic N) is 2. The highest BCUT2D eigenvalue weighted by atomic mass is 35.5. The fraction of sp³-hybridized carbons (Fsp3) is 0.381. The minimum absolute atomic E-state index is 0.0452. The second kappa shape index (κ2) is 9.94. The molecule has 3 rings (SSSR count). The number of amides is 1. The first kappa shape index (κ1) is 22.8. The molecular formula is C21H24ClN3O3S2. The molecule has 1 saturated carbocycles. The molecule has 0 saturated heterocycles. The molecule has 2 aromatic rings. The van der Waals surface area contributed by atoms with Gasteiger partial charge in [-0.15, -0.1) is 0 Å². The predicted molar refractivity (Wildman–Crippen MR) is 122 cm³/mol. The first-order chi connectivity index (χ1) is 14.3. The van der Waals surface area contributed by atoms with E-state index in [0.29, 0.717) is 22.9 Å². The predicted octanol–water partition coefficient (Wildman–Crippen LogP) is 4.61. The number of hydrogen-bond donors (Lipinski definition) is 1. The fourth-order valence-corrected chi connectivity index (χ4v) is 5.23. The molecule has 1 N–H and O–H groups in total. The molecule has 0 spiro atoms. The van der Waals surface area contributed by atoms with Gasteiger partial charge in [0.15, 0.2) is 15.7 Å². The monoisotopic (exact) mass is 465 g/mol. The van der Waals surface area contributed by atoms with Crippen LogP contribution in [0.1, 0.15) is 36.9 Å². The van der Waals surface area contributed by atoms with Crippen molar-refractivity contribution in [2.75, 3.05) is 17.8 Å². The maximum absolute atomic E-state index is 13.1. The Hall–Kier alpha value is -1.90. The van der Waals surface area contributed by atoms with Gasteiger partial charge >= 0.3 is 0 Å². The average molecular weight is 466 g/mol. The van der Waals surface area contributed by atoms with Gasteiger partial charge in [0.1, 0.15) is 0 Å². The van der Waals surface area contributed by atoms with E-state index in [1.807, 2.05) is 12.3 Å². The van der Waals surface area contributed by atoms with Crippen LogP contribution < -0.4 is 5.32 Å². The van der Waals surface area contributed by atoms with E-state index < -0.39 is 9.84 Å². The molecule has 0 bridgehead atoms. The molecule has 6 nitrogen and oxygen atoms in total. The molecule has 9 heteroatoms. The van der Waals surface area contributed by atoms with Crippen molar-refractivity contribution in [1.29, 1.82) is 0 Å². The van der Waals surface area contributed by atoms with Crippen LogP contribution in [0.25, 0.3) is 5.57 Å². The minimum Gasteiger partial charge on any atom is -0.305 e. The van der Waals surface area contributed by atoms with Gasteiger partial charge in [-0.2, -0.15) is 11.8 Å². The number of hydrogen-bond acceptors (Lipinski definition) is 6. The van der Waals surface area contributed by atoms with Crippen molar-refractivity contribution in [2.24, 2.45) is 5.92 Å². The lowest BCUT2D eigenvalue weighted by Crippen LogP contribution is -2.16. The topological polar surface area (TPSA) is 89.0 Å². The lowest BCUT2D eigenvalue weighted by atomic mass is 9.98. The van der Waals surface area contributed by atoms with Crippen molar-refractivity contribution in [3.63, 3.8) is 0 Å². The summed E-state index contributed by atoms with van der Waals surface area (Å²) in [7, 11) is -3.45. The molecule has 1 heterocycles. The summed E-state index contributed by atoms with van der Waals surface area (Å²) in [5, 5.41) is 2.90. The van der Waals surface area contributed by atoms with Crippen LogP contribution in [0.5, 0.6) is 0 Å². The number of benzene rings is 1. The molecule has 160 valence electrons. The van der Waals surface area contributed by atoms with Crippen LogP contribution in [0.15, 0.2) is 41.6 Å². The summed E-state index contributed by atoms with van der Waals surface area (Å²) in [5.41, 5.74) is 1.87. The Labute approximate surface area is 186 Å². The Balaban J connectivity index is 1.91. The summed E-state index contributed by atoms with van der Waals surface area (Å²) >= 11 is 7.87. The lowest BCUT2D eigenvalue weighted by molar-refractivity contribution is -0.111. The molecule has 1 aromatic carbocycles. The fourth-order valence-electron chi connectivity index (χ4n) is 3.46. The smallest absolute Gasteiger partial charge is 0.257 e. The summed E-state index contributed by atoms with van der Waals surface area (Å²) < 4.78 is 23.7. The van der Waals surface area contributed by atoms with Crippen LogP contribution in [0.4, 0.5) is 5.82 Å². The molecule has 30 heavy (non-hydrogen) atoms. The summed E-state index contributed by atoms with van der Waals surface area (Å²) in [4.78, 5) is 21.7. The molecular weight excluding hydrogens is 442 g/mol. The number of thioether (sulfide) groups is 1. The Kier molecular flexibility index (Phi) is 7.55. The van der Waals surface area contributed by atoms with E-state index in [1.165, 1.54) is 18.3 Å². The van der Waals surface area contributed by atoms with E-state index >= 15 is 0 Å². The molecule has 1 fully saturated rings. The van der Waals surface area contributed by atoms with E-state index in [2.05, 4.69) is 15.3 Å². The molecule has 0 atom stereocenters. The van der Waals surface area contributed by atoms with Crippen molar-refractivity contribution >= 4 is 50.5 Å². The van der Waals surface area contributed by atoms with Gasteiger partial charge < -0.3 is 5.32 Å². The Morgan fingerprint density at radius 3 is 2.57 bits per heavy atom. The van der Waals surface area contributed by atoms with Crippen molar-refractivity contribution in [2.45, 2.75) is 36.3 Å². The summed E-state index contributed by atoms with van der Waals surface area (Å²) in [6.45, 7) is 0. The van der Waals surface area contributed by atoms with E-state index in [9.17, 15) is 13.2 Å². The lowest BCUT2D eigenvalue weighted by Gasteiger charge is -2.13. The normalized spacial score (nSPS) is 15.4. The zero-order valence-electron chi connectivity index (χ0n) is 16.9. The number of rotatable bonds is 7. The van der Waals surface area contributed by atoms with E-state index in [-0.39, 0.29) is 15.8 Å². The highest BCUT2D eigenvalue weighted by Gasteiger charge is 2.21. The summed E-state index contributed by atoms with van der Waals surface area (Å²) in [6, 6.07) is 4.60. The van der Waals surface area contributed by atoms with E-state index in [1.54, 1.807) is 24.0 Å². The minimum atomic E-state index is -3.45. The average Bonchev–Trinajstić information content (AvgIpc) is 3.20. The second-order valence-corrected chi connectivity index (χ2v) is 10.6. The highest BCUT2D eigenvalue weighted by Crippen LogP contribution is 2.32. The van der Waals surface area contributed by atoms with Gasteiger partial charge in [0.05, 0.1) is 28.0 Å². The SMILES string of the molecule is CSCc1cnc(NC(=O)/C(=C/C2CCCC2)c2ccc(S(C)(=O)=O)c(Cl)c2)cn1. The van der Waals surface area contributed by atoms with Gasteiger partial charge in [-0.3, -0.25) is 9.78 Å². The number of aromatic nitrogens is 2. The molecule has 1 amide bonds. The molecule has 1 aromatic heterocycles. The summed E-state index contributed by atoms with van der Waals surface area (Å²) in [6.07, 6.45) is 12.5. The van der Waals surface area contributed by atoms with Crippen molar-refractivity contribution in [3.8, 4) is 0 Å². The first-order valence-electron chi connectivity index (χ1n) is 9.61. The zero-order chi connectivity index (χ0) is 21.7. The number of sulfone groups is 1. The quantitative estimate of drug-likeness (QED) is 0.600. The van der Waals surface area contributed by atoms with Crippen LogP contribution in [-0.2, 0) is 20.4 Å². The first-order valence-corrected chi connectivity index (χ1v) is 13.3. The third-order valence-electron chi connectivity index (χ3n) is 4.93. The molecule has 1 aliphatic carbocycles. The van der Waals surface area contributed by atoms with Crippen molar-refractivity contribution < 1.29 is 13.2 Å². The number of anilines is 1. The largest absolute Gasteiger partial charge is 0.305 e. The Morgan fingerprint density at radius 1 is 1.27 bits per heavy atom. The maximum Gasteiger partial charge on any atom is 0.257 e. The van der Waals surface area contributed by atoms with Crippen LogP contribution >= 0.6 is 23.4 Å². The van der Waals surface area contributed by atoms with Gasteiger partial charge in [0, 0.05) is 17.6 Å². The van der Waals surface area contributed by atoms with E-state index in [0.717, 1.165) is 43.4 Å². The van der Waals surface area contributed by atoms with Crippen molar-refractivity contribution in [3.05, 3.63) is 52.9 Å². The number of halogens is 1. The van der Waals surface area contributed by atoms with Gasteiger partial charge in [0.2, 0.25) is 0 Å². The Morgan fingerprint density at radius 2 is 2.00 bits per heavy atom. The van der Waals surface area contributed by atoms with Crippen LogP contribution in [0.2, 0.25) is 5.02 Å². The molecule has 0 unspecified atom stereocenters. The summed E-state index contributed by atoms with van der Waals surface area (Å²) in [5.74, 6) is 1.09. The van der Waals surface area contributed by atoms with Gasteiger partial charge in [-0.1, -0.05) is 36.6 Å². The van der Waals surface area contributed by atoms with Crippen LogP contribution in [0, 0.1) is 5.92 Å². The maximum atomic E-state index is 13.1. The van der Waals surface area contributed by atoms with Crippen molar-refractivity contribution in [1.82, 2.24) is 9.97 Å². The molecule has 0 radical (unpaired) electrons. The van der Waals surface area contributed by atoms with E-state index in [4.69, 9.17) is 11.6 Å². The number of carbonyl (C=O) groups is 1. The highest BCUT2D eigenvalue weighted by molar-refractivity contribution is 7.97. The van der Waals surface area contributed by atoms with Crippen LogP contribution in [0.3, 0.4) is 0 Å². The second-order valence-electron chi connectivity index (χ2n) is 7.32. The molecule has 1 aliphatic rings. The third-order valence-corrected chi connectivity index (χ3v) is 7.09. The van der Waals surface area contributed by atoms with Gasteiger partial charge in [-0.05, 0) is 42.7 Å².